The molecular weight excluding hydrogens is 650 g/mol. The third-order valence-electron chi connectivity index (χ3n) is 9.70. The highest BCUT2D eigenvalue weighted by molar-refractivity contribution is 7.98. The number of hydrogen-bond donors (Lipinski definition) is 1. The van der Waals surface area contributed by atoms with Gasteiger partial charge in [-0.15, -0.1) is 23.5 Å². The fourth-order valence-electron chi connectivity index (χ4n) is 7.25. The van der Waals surface area contributed by atoms with Gasteiger partial charge in [-0.3, -0.25) is 9.36 Å². The first-order chi connectivity index (χ1) is 22.6. The van der Waals surface area contributed by atoms with Gasteiger partial charge in [0.05, 0.1) is 18.0 Å². The summed E-state index contributed by atoms with van der Waals surface area (Å²) in [5, 5.41) is 21.7. The number of aromatic carboxylic acids is 1. The van der Waals surface area contributed by atoms with E-state index in [2.05, 4.69) is 25.1 Å². The molecule has 11 heteroatoms. The number of aromatic nitrogens is 5. The second kappa shape index (κ2) is 12.9. The molecule has 8 bridgehead atoms. The van der Waals surface area contributed by atoms with Crippen molar-refractivity contribution in [3.63, 3.8) is 0 Å². The normalized spacial score (nSPS) is 17.2. The van der Waals surface area contributed by atoms with Crippen molar-refractivity contribution in [3.05, 3.63) is 80.5 Å². The molecule has 0 saturated carbocycles. The van der Waals surface area contributed by atoms with Gasteiger partial charge in [0.25, 0.3) is 0 Å². The highest BCUT2D eigenvalue weighted by Gasteiger charge is 2.27. The third-order valence-corrected chi connectivity index (χ3v) is 12.0. The van der Waals surface area contributed by atoms with Crippen LogP contribution in [0.2, 0.25) is 5.02 Å². The molecule has 0 radical (unpaired) electrons. The van der Waals surface area contributed by atoms with Crippen molar-refractivity contribution in [3.8, 4) is 16.9 Å². The fourth-order valence-corrected chi connectivity index (χ4v) is 9.35. The molecule has 246 valence electrons. The maximum atomic E-state index is 12.8. The molecule has 47 heavy (non-hydrogen) atoms. The van der Waals surface area contributed by atoms with Gasteiger partial charge in [0.2, 0.25) is 0 Å². The molecule has 8 nitrogen and oxygen atoms in total. The SMILES string of the molecule is Cc1c(C(=O)O)n2c3ccc(Cl)c(c13)-c1c(nn(C)c1C)CSCc1cc(n(C)n1)CSc1cc3c(c(c1)OCCC2)CC(C)CC3. The number of benzene rings is 2. The highest BCUT2D eigenvalue weighted by Crippen LogP contribution is 2.43. The molecule has 1 atom stereocenters. The average molecular weight is 690 g/mol. The Morgan fingerprint density at radius 2 is 1.89 bits per heavy atom. The number of carbonyl (C=O) groups is 1. The predicted octanol–water partition coefficient (Wildman–Crippen LogP) is 8.38. The lowest BCUT2D eigenvalue weighted by molar-refractivity contribution is 0.0684. The van der Waals surface area contributed by atoms with Gasteiger partial charge in [-0.25, -0.2) is 4.79 Å². The number of ether oxygens (including phenoxy) is 1. The minimum absolute atomic E-state index is 0.290. The van der Waals surface area contributed by atoms with Crippen LogP contribution in [0.15, 0.2) is 35.2 Å². The standard InChI is InChI=1S/C36H40ClN5O3S2/c1-20-7-8-23-14-26-16-31(27(23)13-20)45-12-6-11-42-30-10-9-28(37)34(32(30)21(2)35(42)36(43)44)33-22(3)40(4)39-29(33)19-46-17-24-15-25(18-47-26)41(5)38-24/h9-10,14-16,20H,6-8,11-13,17-19H2,1-5H3,(H,43,44). The summed E-state index contributed by atoms with van der Waals surface area (Å²) in [6, 6.07) is 10.6. The first kappa shape index (κ1) is 32.2. The maximum absolute atomic E-state index is 12.8. The summed E-state index contributed by atoms with van der Waals surface area (Å²) in [6.45, 7) is 7.26. The molecule has 1 aliphatic carbocycles. The van der Waals surface area contributed by atoms with Crippen LogP contribution in [-0.2, 0) is 50.7 Å². The summed E-state index contributed by atoms with van der Waals surface area (Å²) in [6.07, 6.45) is 3.93. The molecule has 4 heterocycles. The van der Waals surface area contributed by atoms with E-state index in [-0.39, 0.29) is 0 Å². The molecule has 0 spiro atoms. The van der Waals surface area contributed by atoms with Crippen molar-refractivity contribution in [2.45, 2.75) is 75.2 Å². The Morgan fingerprint density at radius 1 is 1.06 bits per heavy atom. The Morgan fingerprint density at radius 3 is 2.70 bits per heavy atom. The van der Waals surface area contributed by atoms with E-state index in [1.54, 1.807) is 11.8 Å². The van der Waals surface area contributed by atoms with Gasteiger partial charge in [-0.1, -0.05) is 18.5 Å². The number of carboxylic acids is 1. The molecule has 7 rings (SSSR count). The van der Waals surface area contributed by atoms with Crippen LogP contribution >= 0.6 is 35.1 Å². The summed E-state index contributed by atoms with van der Waals surface area (Å²) in [7, 11) is 3.97. The Hall–Kier alpha value is -3.34. The van der Waals surface area contributed by atoms with Gasteiger partial charge in [0, 0.05) is 81.2 Å². The summed E-state index contributed by atoms with van der Waals surface area (Å²) in [5.41, 5.74) is 10.5. The van der Waals surface area contributed by atoms with Crippen LogP contribution in [0.5, 0.6) is 5.75 Å². The van der Waals surface area contributed by atoms with Crippen LogP contribution in [0.1, 0.15) is 69.7 Å². The van der Waals surface area contributed by atoms with Crippen molar-refractivity contribution in [1.82, 2.24) is 24.1 Å². The first-order valence-electron chi connectivity index (χ1n) is 16.2. The molecule has 3 aromatic heterocycles. The molecule has 1 aliphatic heterocycles. The van der Waals surface area contributed by atoms with Gasteiger partial charge in [-0.05, 0) is 92.5 Å². The minimum atomic E-state index is -0.947. The number of aryl methyl sites for hydroxylation is 5. The van der Waals surface area contributed by atoms with Gasteiger partial charge in [0.15, 0.2) is 0 Å². The molecule has 0 fully saturated rings. The molecule has 0 saturated heterocycles. The van der Waals surface area contributed by atoms with E-state index in [9.17, 15) is 9.90 Å². The largest absolute Gasteiger partial charge is 0.493 e. The van der Waals surface area contributed by atoms with Gasteiger partial charge < -0.3 is 14.4 Å². The Kier molecular flexibility index (Phi) is 8.87. The lowest BCUT2D eigenvalue weighted by Crippen LogP contribution is -2.15. The number of rotatable bonds is 1. The third kappa shape index (κ3) is 5.97. The molecule has 2 aliphatic rings. The van der Waals surface area contributed by atoms with Crippen LogP contribution in [0.3, 0.4) is 0 Å². The first-order valence-corrected chi connectivity index (χ1v) is 18.7. The quantitative estimate of drug-likeness (QED) is 0.189. The van der Waals surface area contributed by atoms with E-state index < -0.39 is 5.97 Å². The number of halogens is 1. The second-order valence-corrected chi connectivity index (χ2v) is 15.4. The van der Waals surface area contributed by atoms with Crippen molar-refractivity contribution in [1.29, 1.82) is 0 Å². The lowest BCUT2D eigenvalue weighted by Gasteiger charge is -2.25. The van der Waals surface area contributed by atoms with E-state index in [1.165, 1.54) is 28.1 Å². The van der Waals surface area contributed by atoms with Crippen LogP contribution in [0, 0.1) is 19.8 Å². The molecule has 1 unspecified atom stereocenters. The van der Waals surface area contributed by atoms with E-state index in [4.69, 9.17) is 26.5 Å². The Bertz CT molecular complexity index is 2030. The highest BCUT2D eigenvalue weighted by atomic mass is 35.5. The average Bonchev–Trinajstić information content (AvgIpc) is 3.63. The van der Waals surface area contributed by atoms with E-state index in [0.29, 0.717) is 47.5 Å². The van der Waals surface area contributed by atoms with Crippen LogP contribution in [0.4, 0.5) is 0 Å². The smallest absolute Gasteiger partial charge is 0.352 e. The van der Waals surface area contributed by atoms with E-state index >= 15 is 0 Å². The number of thioether (sulfide) groups is 2. The van der Waals surface area contributed by atoms with Gasteiger partial charge in [0.1, 0.15) is 11.4 Å². The summed E-state index contributed by atoms with van der Waals surface area (Å²) >= 11 is 10.6. The van der Waals surface area contributed by atoms with E-state index in [0.717, 1.165) is 69.2 Å². The number of nitrogens with zero attached hydrogens (tertiary/aromatic N) is 5. The Balaban J connectivity index is 1.34. The van der Waals surface area contributed by atoms with Crippen LogP contribution in [-0.4, -0.2) is 41.8 Å². The minimum Gasteiger partial charge on any atom is -0.493 e. The molecular formula is C36H40ClN5O3S2. The van der Waals surface area contributed by atoms with Gasteiger partial charge in [-0.2, -0.15) is 10.2 Å². The summed E-state index contributed by atoms with van der Waals surface area (Å²) < 4.78 is 12.4. The molecule has 0 amide bonds. The summed E-state index contributed by atoms with van der Waals surface area (Å²) in [4.78, 5) is 14.0. The molecule has 1 N–H and O–H groups in total. The molecule has 2 aromatic carbocycles. The van der Waals surface area contributed by atoms with Crippen LogP contribution < -0.4 is 4.74 Å². The molecule has 5 aromatic rings. The fraction of sp³-hybridized carbons (Fsp3) is 0.417. The second-order valence-electron chi connectivity index (χ2n) is 12.9. The number of fused-ring (bicyclic) bond motifs is 8. The van der Waals surface area contributed by atoms with Crippen molar-refractivity contribution in [2.24, 2.45) is 20.0 Å². The van der Waals surface area contributed by atoms with Gasteiger partial charge >= 0.3 is 5.97 Å². The zero-order valence-corrected chi connectivity index (χ0v) is 29.9. The maximum Gasteiger partial charge on any atom is 0.352 e. The topological polar surface area (TPSA) is 87.1 Å². The number of hydrogen-bond acceptors (Lipinski definition) is 6. The predicted molar refractivity (Wildman–Crippen MR) is 191 cm³/mol. The van der Waals surface area contributed by atoms with Crippen molar-refractivity contribution < 1.29 is 14.6 Å². The van der Waals surface area contributed by atoms with E-state index in [1.807, 2.05) is 65.8 Å². The monoisotopic (exact) mass is 689 g/mol. The van der Waals surface area contributed by atoms with Crippen molar-refractivity contribution in [2.75, 3.05) is 6.61 Å². The zero-order chi connectivity index (χ0) is 33.0. The van der Waals surface area contributed by atoms with Crippen LogP contribution in [0.25, 0.3) is 22.0 Å². The zero-order valence-electron chi connectivity index (χ0n) is 27.5. The lowest BCUT2D eigenvalue weighted by atomic mass is 9.84. The Labute approximate surface area is 288 Å². The summed E-state index contributed by atoms with van der Waals surface area (Å²) in [5.74, 6) is 2.88. The number of carboxylic acid groups (broad SMARTS) is 1. The van der Waals surface area contributed by atoms with Crippen molar-refractivity contribution >= 4 is 52.0 Å².